The molecule has 0 radical (unpaired) electrons. The second-order valence-electron chi connectivity index (χ2n) is 4.20. The predicted molar refractivity (Wildman–Crippen MR) is 76.3 cm³/mol. The van der Waals surface area contributed by atoms with Crippen LogP contribution in [0.3, 0.4) is 0 Å². The molecule has 0 aliphatic rings. The molecule has 2 rings (SSSR count). The van der Waals surface area contributed by atoms with E-state index in [0.29, 0.717) is 18.1 Å². The molecule has 1 aromatic heterocycles. The summed E-state index contributed by atoms with van der Waals surface area (Å²) < 4.78 is 5.63. The first-order valence-corrected chi connectivity index (χ1v) is 6.24. The fraction of sp³-hybridized carbons (Fsp3) is 0.214. The lowest BCUT2D eigenvalue weighted by Crippen LogP contribution is -2.02. The summed E-state index contributed by atoms with van der Waals surface area (Å²) in [6.07, 6.45) is 0. The van der Waals surface area contributed by atoms with Gasteiger partial charge in [-0.3, -0.25) is 10.1 Å². The van der Waals surface area contributed by atoms with Crippen molar-refractivity contribution in [2.75, 3.05) is 11.9 Å². The van der Waals surface area contributed by atoms with Gasteiger partial charge in [-0.15, -0.1) is 0 Å². The van der Waals surface area contributed by atoms with Gasteiger partial charge in [0.1, 0.15) is 11.6 Å². The van der Waals surface area contributed by atoms with Crippen molar-refractivity contribution in [3.63, 3.8) is 0 Å². The lowest BCUT2D eigenvalue weighted by Gasteiger charge is -2.09. The Kier molecular flexibility index (Phi) is 4.14. The second kappa shape index (κ2) is 6.01. The highest BCUT2D eigenvalue weighted by molar-refractivity contribution is 5.49. The van der Waals surface area contributed by atoms with Crippen molar-refractivity contribution in [1.82, 2.24) is 4.98 Å². The zero-order chi connectivity index (χ0) is 14.5. The summed E-state index contributed by atoms with van der Waals surface area (Å²) in [6, 6.07) is 10.1. The normalized spacial score (nSPS) is 10.1. The quantitative estimate of drug-likeness (QED) is 0.666. The predicted octanol–water partition coefficient (Wildman–Crippen LogP) is 3.52. The average molecular weight is 273 g/mol. The fourth-order valence-electron chi connectivity index (χ4n) is 1.70. The Morgan fingerprint density at radius 1 is 1.35 bits per heavy atom. The van der Waals surface area contributed by atoms with Crippen LogP contribution in [0.5, 0.6) is 11.6 Å². The van der Waals surface area contributed by atoms with Gasteiger partial charge in [-0.1, -0.05) is 18.2 Å². The van der Waals surface area contributed by atoms with Gasteiger partial charge in [0.25, 0.3) is 5.69 Å². The van der Waals surface area contributed by atoms with E-state index in [9.17, 15) is 10.1 Å². The van der Waals surface area contributed by atoms with Crippen LogP contribution in [0.1, 0.15) is 12.5 Å². The Balaban J connectivity index is 2.35. The Bertz CT molecular complexity index is 629. The molecule has 6 heteroatoms. The van der Waals surface area contributed by atoms with E-state index in [0.717, 1.165) is 5.56 Å². The van der Waals surface area contributed by atoms with E-state index in [4.69, 9.17) is 4.74 Å². The second-order valence-corrected chi connectivity index (χ2v) is 4.20. The summed E-state index contributed by atoms with van der Waals surface area (Å²) in [7, 11) is 0. The van der Waals surface area contributed by atoms with E-state index in [-0.39, 0.29) is 11.6 Å². The van der Waals surface area contributed by atoms with Crippen molar-refractivity contribution >= 4 is 11.5 Å². The Morgan fingerprint density at radius 3 is 2.75 bits per heavy atom. The van der Waals surface area contributed by atoms with Crippen LogP contribution in [-0.4, -0.2) is 16.5 Å². The highest BCUT2D eigenvalue weighted by Gasteiger charge is 2.13. The lowest BCUT2D eigenvalue weighted by atomic mass is 10.2. The van der Waals surface area contributed by atoms with Crippen molar-refractivity contribution in [2.45, 2.75) is 13.8 Å². The number of para-hydroxylation sites is 1. The summed E-state index contributed by atoms with van der Waals surface area (Å²) >= 11 is 0. The van der Waals surface area contributed by atoms with Crippen molar-refractivity contribution in [1.29, 1.82) is 0 Å². The smallest absolute Gasteiger partial charge is 0.278 e. The third kappa shape index (κ3) is 3.23. The van der Waals surface area contributed by atoms with Gasteiger partial charge in [-0.2, -0.15) is 4.98 Å². The third-order valence-corrected chi connectivity index (χ3v) is 2.66. The van der Waals surface area contributed by atoms with Gasteiger partial charge in [0, 0.05) is 6.54 Å². The molecule has 1 aromatic carbocycles. The minimum absolute atomic E-state index is 0.0560. The van der Waals surface area contributed by atoms with Crippen molar-refractivity contribution in [3.8, 4) is 11.6 Å². The first kappa shape index (κ1) is 13.8. The van der Waals surface area contributed by atoms with Crippen molar-refractivity contribution < 1.29 is 9.66 Å². The molecule has 0 saturated heterocycles. The molecule has 0 aliphatic carbocycles. The van der Waals surface area contributed by atoms with Crippen molar-refractivity contribution in [3.05, 3.63) is 52.1 Å². The van der Waals surface area contributed by atoms with Gasteiger partial charge in [0.15, 0.2) is 0 Å². The van der Waals surface area contributed by atoms with E-state index in [2.05, 4.69) is 10.3 Å². The van der Waals surface area contributed by atoms with Crippen LogP contribution in [0.2, 0.25) is 0 Å². The van der Waals surface area contributed by atoms with Crippen LogP contribution in [0.25, 0.3) is 0 Å². The van der Waals surface area contributed by atoms with Crippen LogP contribution in [-0.2, 0) is 0 Å². The number of benzene rings is 1. The van der Waals surface area contributed by atoms with Crippen LogP contribution >= 0.6 is 0 Å². The van der Waals surface area contributed by atoms with Crippen molar-refractivity contribution in [2.24, 2.45) is 0 Å². The number of anilines is 1. The number of nitrogens with zero attached hydrogens (tertiary/aromatic N) is 2. The minimum Gasteiger partial charge on any atom is -0.438 e. The van der Waals surface area contributed by atoms with Gasteiger partial charge in [-0.05, 0) is 25.5 Å². The maximum absolute atomic E-state index is 10.9. The summed E-state index contributed by atoms with van der Waals surface area (Å²) in [5.74, 6) is 1.25. The number of pyridine rings is 1. The molecular formula is C14H15N3O3. The summed E-state index contributed by atoms with van der Waals surface area (Å²) in [5.41, 5.74) is 0.880. The number of hydrogen-bond donors (Lipinski definition) is 1. The Morgan fingerprint density at radius 2 is 2.10 bits per heavy atom. The first-order valence-electron chi connectivity index (χ1n) is 6.24. The molecule has 0 fully saturated rings. The summed E-state index contributed by atoms with van der Waals surface area (Å²) in [4.78, 5) is 14.7. The van der Waals surface area contributed by atoms with Gasteiger partial charge in [0.05, 0.1) is 17.1 Å². The molecule has 0 unspecified atom stereocenters. The molecule has 0 saturated carbocycles. The maximum Gasteiger partial charge on any atom is 0.278 e. The molecular weight excluding hydrogens is 258 g/mol. The summed E-state index contributed by atoms with van der Waals surface area (Å²) in [6.45, 7) is 4.41. The van der Waals surface area contributed by atoms with Gasteiger partial charge in [-0.25, -0.2) is 0 Å². The van der Waals surface area contributed by atoms with E-state index in [1.807, 2.05) is 32.0 Å². The molecule has 20 heavy (non-hydrogen) atoms. The van der Waals surface area contributed by atoms with E-state index < -0.39 is 4.92 Å². The third-order valence-electron chi connectivity index (χ3n) is 2.66. The number of aromatic nitrogens is 1. The van der Waals surface area contributed by atoms with Crippen LogP contribution < -0.4 is 10.1 Å². The Hall–Kier alpha value is -2.63. The maximum atomic E-state index is 10.9. The molecule has 104 valence electrons. The largest absolute Gasteiger partial charge is 0.438 e. The van der Waals surface area contributed by atoms with Crippen LogP contribution in [0.15, 0.2) is 36.4 Å². The van der Waals surface area contributed by atoms with E-state index in [1.165, 1.54) is 12.1 Å². The first-order chi connectivity index (χ1) is 9.60. The fourth-order valence-corrected chi connectivity index (χ4v) is 1.70. The number of nitrogens with one attached hydrogen (secondary N) is 1. The SMILES string of the molecule is CCNc1cc([N+](=O)[O-])cc(Oc2ccccc2C)n1. The number of nitro groups is 1. The van der Waals surface area contributed by atoms with Gasteiger partial charge < -0.3 is 10.1 Å². The number of hydrogen-bond acceptors (Lipinski definition) is 5. The highest BCUT2D eigenvalue weighted by atomic mass is 16.6. The zero-order valence-electron chi connectivity index (χ0n) is 11.3. The molecule has 1 heterocycles. The topological polar surface area (TPSA) is 77.3 Å². The Labute approximate surface area is 116 Å². The standard InChI is InChI=1S/C14H15N3O3/c1-3-15-13-8-11(17(18)19)9-14(16-13)20-12-7-5-4-6-10(12)2/h4-9H,3H2,1-2H3,(H,15,16). The number of aryl methyl sites for hydroxylation is 1. The lowest BCUT2D eigenvalue weighted by molar-refractivity contribution is -0.384. The molecule has 1 N–H and O–H groups in total. The molecule has 0 amide bonds. The van der Waals surface area contributed by atoms with E-state index >= 15 is 0 Å². The zero-order valence-corrected chi connectivity index (χ0v) is 11.3. The van der Waals surface area contributed by atoms with Crippen LogP contribution in [0.4, 0.5) is 11.5 Å². The highest BCUT2D eigenvalue weighted by Crippen LogP contribution is 2.28. The monoisotopic (exact) mass is 273 g/mol. The molecule has 0 atom stereocenters. The molecule has 0 bridgehead atoms. The number of rotatable bonds is 5. The summed E-state index contributed by atoms with van der Waals surface area (Å²) in [5, 5.41) is 13.9. The average Bonchev–Trinajstić information content (AvgIpc) is 2.41. The van der Waals surface area contributed by atoms with E-state index in [1.54, 1.807) is 6.07 Å². The molecule has 0 aliphatic heterocycles. The van der Waals surface area contributed by atoms with Gasteiger partial charge >= 0.3 is 0 Å². The number of ether oxygens (including phenoxy) is 1. The van der Waals surface area contributed by atoms with Crippen LogP contribution in [0, 0.1) is 17.0 Å². The molecule has 2 aromatic rings. The molecule has 0 spiro atoms. The van der Waals surface area contributed by atoms with Gasteiger partial charge in [0.2, 0.25) is 5.88 Å². The molecule has 6 nitrogen and oxygen atoms in total. The minimum atomic E-state index is -0.465.